The van der Waals surface area contributed by atoms with E-state index in [0.717, 1.165) is 85.3 Å². The van der Waals surface area contributed by atoms with Crippen LogP contribution in [0.5, 0.6) is 5.75 Å². The number of hydrogen-bond donors (Lipinski definition) is 3. The van der Waals surface area contributed by atoms with Gasteiger partial charge in [-0.3, -0.25) is 10.1 Å². The first-order valence-electron chi connectivity index (χ1n) is 22.2. The maximum Gasteiger partial charge on any atom is 0.253 e. The molecule has 5 aromatic rings. The molecule has 2 unspecified atom stereocenters. The van der Waals surface area contributed by atoms with E-state index in [1.165, 1.54) is 5.56 Å². The van der Waals surface area contributed by atoms with Crippen molar-refractivity contribution in [3.05, 3.63) is 107 Å². The van der Waals surface area contributed by atoms with Gasteiger partial charge in [0, 0.05) is 107 Å². The molecule has 0 radical (unpaired) electrons. The number of nitrogens with two attached hydrogens (primary N) is 1. The summed E-state index contributed by atoms with van der Waals surface area (Å²) in [5, 5.41) is 23.0. The van der Waals surface area contributed by atoms with Crippen molar-refractivity contribution < 1.29 is 17.0 Å². The van der Waals surface area contributed by atoms with E-state index in [9.17, 15) is 9.90 Å². The summed E-state index contributed by atoms with van der Waals surface area (Å²) in [6, 6.07) is 21.7. The molecule has 3 saturated heterocycles. The van der Waals surface area contributed by atoms with Gasteiger partial charge >= 0.3 is 0 Å². The summed E-state index contributed by atoms with van der Waals surface area (Å²) in [4.78, 5) is 22.0. The normalized spacial score (nSPS) is 23.4. The largest absolute Gasteiger partial charge is 0.507 e. The highest BCUT2D eigenvalue weighted by molar-refractivity contribution is 5.96. The first kappa shape index (κ1) is 36.6. The summed E-state index contributed by atoms with van der Waals surface area (Å²) in [5.74, 6) is 0.689. The molecule has 1 amide bonds. The van der Waals surface area contributed by atoms with Crippen molar-refractivity contribution in [3.8, 4) is 17.0 Å². The Morgan fingerprint density at radius 1 is 0.983 bits per heavy atom. The van der Waals surface area contributed by atoms with Crippen LogP contribution >= 0.6 is 0 Å². The molecule has 4 aliphatic rings. The number of anilines is 3. The van der Waals surface area contributed by atoms with Crippen molar-refractivity contribution >= 4 is 34.0 Å². The number of piperidine rings is 3. The topological polar surface area (TPSA) is 119 Å². The van der Waals surface area contributed by atoms with Crippen LogP contribution in [0.3, 0.4) is 0 Å². The lowest BCUT2D eigenvalue weighted by molar-refractivity contribution is 0.0158. The van der Waals surface area contributed by atoms with Gasteiger partial charge in [0.15, 0.2) is 5.82 Å². The minimum atomic E-state index is -1.33. The Bertz CT molecular complexity index is 2440. The quantitative estimate of drug-likeness (QED) is 0.146. The number of aromatic hydroxyl groups is 1. The number of amides is 1. The molecule has 0 bridgehead atoms. The number of nitrogens with one attached hydrogen (secondary N) is 1. The van der Waals surface area contributed by atoms with Gasteiger partial charge in [0.05, 0.1) is 30.6 Å². The van der Waals surface area contributed by atoms with Crippen LogP contribution in [0.25, 0.3) is 22.2 Å². The van der Waals surface area contributed by atoms with E-state index in [2.05, 4.69) is 74.2 Å². The molecule has 6 heterocycles. The lowest BCUT2D eigenvalue weighted by Gasteiger charge is -2.41. The minimum Gasteiger partial charge on any atom is -0.507 e. The fourth-order valence-electron chi connectivity index (χ4n) is 9.88. The van der Waals surface area contributed by atoms with Gasteiger partial charge in [0.1, 0.15) is 11.4 Å². The van der Waals surface area contributed by atoms with Crippen LogP contribution in [0.4, 0.5) is 21.6 Å². The molecule has 3 aromatic carbocycles. The number of aromatic nitrogens is 3. The number of carbonyl (C=O) groups is 1. The number of alkyl halides is 1. The van der Waals surface area contributed by atoms with E-state index in [1.807, 2.05) is 46.3 Å². The number of fused-ring (bicyclic) bond motifs is 1. The van der Waals surface area contributed by atoms with Gasteiger partial charge in [-0.25, -0.2) is 4.39 Å². The van der Waals surface area contributed by atoms with Gasteiger partial charge in [-0.1, -0.05) is 30.3 Å². The fraction of sp³-hybridized carbons (Fsp3) is 0.426. The van der Waals surface area contributed by atoms with Crippen molar-refractivity contribution in [1.29, 1.82) is 0 Å². The van der Waals surface area contributed by atoms with Crippen molar-refractivity contribution in [2.75, 3.05) is 74.5 Å². The average molecular weight is 800 g/mol. The predicted molar refractivity (Wildman–Crippen MR) is 234 cm³/mol. The predicted octanol–water partition coefficient (Wildman–Crippen LogP) is 7.55. The maximum absolute atomic E-state index is 16.5. The van der Waals surface area contributed by atoms with Crippen LogP contribution in [0, 0.1) is 13.8 Å². The molecule has 0 saturated carbocycles. The molecule has 59 heavy (non-hydrogen) atoms. The minimum absolute atomic E-state index is 0.0428. The summed E-state index contributed by atoms with van der Waals surface area (Å²) in [6.45, 7) is 7.19. The number of rotatable bonds is 8. The number of nitrogen functional groups attached to an aromatic ring is 1. The number of carbonyl (C=O) groups excluding carboxylic acids is 1. The Labute approximate surface area is 349 Å². The number of nitrogens with zero attached hydrogens (tertiary/aromatic N) is 7. The highest BCUT2D eigenvalue weighted by Gasteiger charge is 2.39. The lowest BCUT2D eigenvalue weighted by atomic mass is 9.86. The van der Waals surface area contributed by atoms with Crippen LogP contribution in [-0.4, -0.2) is 100 Å². The van der Waals surface area contributed by atoms with Crippen LogP contribution in [-0.2, 0) is 0 Å². The van der Waals surface area contributed by atoms with Crippen molar-refractivity contribution in [2.45, 2.75) is 70.0 Å². The first-order valence-corrected chi connectivity index (χ1v) is 21.1. The molecule has 9 rings (SSSR count). The summed E-state index contributed by atoms with van der Waals surface area (Å²) in [7, 11) is 0. The van der Waals surface area contributed by atoms with E-state index in [-0.39, 0.29) is 17.6 Å². The number of para-hydroxylation sites is 1. The summed E-state index contributed by atoms with van der Waals surface area (Å²) < 4.78 is 35.3. The molecule has 11 nitrogen and oxygen atoms in total. The SMILES string of the molecule is [2H]C1C=CN(c2c(C)ccc3c2ccn3C2CCN(CC3(F)CCN(C(=O)c4ccc(C5CCCN(c6cc(-c7ccccc7O)nnc6N)C5)c(C)c4)CC3)CC2)[C@@H]([2H])N1. The van der Waals surface area contributed by atoms with Crippen molar-refractivity contribution in [1.82, 2.24) is 29.9 Å². The standard InChI is InChI=1S/C47H56FN9O2/c1-32-10-13-41-39(44(32)56-21-6-19-50-31-56)16-24-57(41)36-14-22-53(23-15-36)30-47(48)17-25-54(26-18-47)46(59)34-11-12-37(33(2)27-34)35-7-5-20-55(29-35)42-28-40(51-52-45(42)49)38-8-3-4-9-43(38)58/h3-4,6,8-13,16,21,24,27-28,35-36,50,58H,5,7,14-15,17-20,22-23,25-26,29-31H2,1-2H3,(H2,49,52)/i19D,31D/t19?,31-,35?/m0/s1. The average Bonchev–Trinajstić information content (AvgIpc) is 3.69. The molecule has 3 atom stereocenters. The zero-order valence-electron chi connectivity index (χ0n) is 36.0. The molecule has 12 heteroatoms. The zero-order chi connectivity index (χ0) is 42.4. The molecule has 308 valence electrons. The van der Waals surface area contributed by atoms with Gasteiger partial charge < -0.3 is 35.0 Å². The van der Waals surface area contributed by atoms with E-state index in [1.54, 1.807) is 18.2 Å². The van der Waals surface area contributed by atoms with Crippen LogP contribution in [0.15, 0.2) is 85.2 Å². The third kappa shape index (κ3) is 7.88. The highest BCUT2D eigenvalue weighted by atomic mass is 19.1. The molecule has 4 aliphatic heterocycles. The van der Waals surface area contributed by atoms with E-state index in [0.29, 0.717) is 61.2 Å². The summed E-state index contributed by atoms with van der Waals surface area (Å²) >= 11 is 0. The maximum atomic E-state index is 16.5. The van der Waals surface area contributed by atoms with Gasteiger partial charge in [0.2, 0.25) is 0 Å². The van der Waals surface area contributed by atoms with E-state index >= 15 is 4.39 Å². The van der Waals surface area contributed by atoms with E-state index < -0.39 is 18.8 Å². The highest BCUT2D eigenvalue weighted by Crippen LogP contribution is 2.39. The Morgan fingerprint density at radius 2 is 1.80 bits per heavy atom. The molecule has 0 spiro atoms. The fourth-order valence-corrected chi connectivity index (χ4v) is 9.88. The van der Waals surface area contributed by atoms with Gasteiger partial charge in [-0.05, 0) is 98.7 Å². The number of phenolic OH excluding ortho intramolecular Hbond substituents is 1. The van der Waals surface area contributed by atoms with Crippen LogP contribution in [0.1, 0.15) is 80.3 Å². The third-order valence-electron chi connectivity index (χ3n) is 13.1. The molecular formula is C47H56FN9O2. The Balaban J connectivity index is 0.789. The molecule has 2 aromatic heterocycles. The van der Waals surface area contributed by atoms with E-state index in [4.69, 9.17) is 8.48 Å². The molecule has 3 fully saturated rings. The Morgan fingerprint density at radius 3 is 2.58 bits per heavy atom. The second kappa shape index (κ2) is 16.3. The second-order valence-electron chi connectivity index (χ2n) is 16.9. The Hall–Kier alpha value is -5.46. The third-order valence-corrected chi connectivity index (χ3v) is 13.1. The number of likely N-dealkylation sites (tertiary alicyclic amines) is 2. The molecule has 0 aliphatic carbocycles. The summed E-state index contributed by atoms with van der Waals surface area (Å²) in [5.41, 5.74) is 13.1. The van der Waals surface area contributed by atoms with Gasteiger partial charge in [-0.2, -0.15) is 0 Å². The number of hydrogen-bond acceptors (Lipinski definition) is 9. The first-order chi connectivity index (χ1) is 29.4. The summed E-state index contributed by atoms with van der Waals surface area (Å²) in [6.07, 6.45) is 10.2. The molecule has 4 N–H and O–H groups in total. The van der Waals surface area contributed by atoms with Crippen molar-refractivity contribution in [2.24, 2.45) is 0 Å². The monoisotopic (exact) mass is 799 g/mol. The Kier molecular flexibility index (Phi) is 10.1. The smallest absolute Gasteiger partial charge is 0.253 e. The number of phenols is 1. The molecular weight excluding hydrogens is 742 g/mol. The second-order valence-corrected chi connectivity index (χ2v) is 16.9. The number of benzene rings is 3. The number of halogens is 1. The van der Waals surface area contributed by atoms with Crippen LogP contribution in [0.2, 0.25) is 0 Å². The van der Waals surface area contributed by atoms with Crippen LogP contribution < -0.4 is 20.9 Å². The zero-order valence-corrected chi connectivity index (χ0v) is 34.0. The van der Waals surface area contributed by atoms with Crippen molar-refractivity contribution in [3.63, 3.8) is 0 Å². The van der Waals surface area contributed by atoms with Gasteiger partial charge in [0.25, 0.3) is 5.91 Å². The lowest BCUT2D eigenvalue weighted by Crippen LogP contribution is -2.51. The van der Waals surface area contributed by atoms with Gasteiger partial charge in [-0.15, -0.1) is 10.2 Å². The number of aryl methyl sites for hydroxylation is 2.